The van der Waals surface area contributed by atoms with E-state index in [2.05, 4.69) is 0 Å². The predicted molar refractivity (Wildman–Crippen MR) is 46.9 cm³/mol. The summed E-state index contributed by atoms with van der Waals surface area (Å²) in [5.41, 5.74) is 1.12. The average Bonchev–Trinajstić information content (AvgIpc) is 1.95. The van der Waals surface area contributed by atoms with E-state index in [-0.39, 0.29) is 6.42 Å². The van der Waals surface area contributed by atoms with Crippen molar-refractivity contribution in [3.63, 3.8) is 0 Å². The molecular formula is C9H16O3. The molecule has 0 atom stereocenters. The Labute approximate surface area is 73.0 Å². The molecule has 0 saturated carbocycles. The highest BCUT2D eigenvalue weighted by atomic mass is 16.5. The van der Waals surface area contributed by atoms with Crippen LogP contribution in [0.3, 0.4) is 0 Å². The lowest BCUT2D eigenvalue weighted by atomic mass is 10.2. The predicted octanol–water partition coefficient (Wildman–Crippen LogP) is 2.18. The number of hydrogen-bond acceptors (Lipinski definition) is 2. The van der Waals surface area contributed by atoms with Crippen LogP contribution >= 0.6 is 0 Å². The summed E-state index contributed by atoms with van der Waals surface area (Å²) in [7, 11) is 0. The van der Waals surface area contributed by atoms with Gasteiger partial charge < -0.3 is 9.84 Å². The van der Waals surface area contributed by atoms with Gasteiger partial charge in [0.05, 0.1) is 12.9 Å². The molecule has 0 aromatic rings. The molecule has 0 rings (SSSR count). The van der Waals surface area contributed by atoms with Crippen molar-refractivity contribution in [3.05, 3.63) is 11.8 Å². The number of hydrogen-bond donors (Lipinski definition) is 1. The van der Waals surface area contributed by atoms with Crippen molar-refractivity contribution in [1.29, 1.82) is 0 Å². The van der Waals surface area contributed by atoms with Gasteiger partial charge in [-0.05, 0) is 32.3 Å². The lowest BCUT2D eigenvalue weighted by molar-refractivity contribution is -0.137. The molecule has 0 spiro atoms. The molecule has 0 aliphatic rings. The highest BCUT2D eigenvalue weighted by Gasteiger charge is 1.95. The Morgan fingerprint density at radius 2 is 2.08 bits per heavy atom. The Morgan fingerprint density at radius 3 is 2.58 bits per heavy atom. The highest BCUT2D eigenvalue weighted by molar-refractivity contribution is 5.66. The fourth-order valence-corrected chi connectivity index (χ4v) is 0.687. The van der Waals surface area contributed by atoms with Crippen LogP contribution in [0.1, 0.15) is 33.1 Å². The van der Waals surface area contributed by atoms with E-state index in [1.54, 1.807) is 6.26 Å². The molecule has 0 radical (unpaired) electrons. The highest BCUT2D eigenvalue weighted by Crippen LogP contribution is 1.97. The maximum Gasteiger partial charge on any atom is 0.303 e. The van der Waals surface area contributed by atoms with E-state index < -0.39 is 5.97 Å². The molecule has 0 fully saturated rings. The minimum Gasteiger partial charge on any atom is -0.501 e. The van der Waals surface area contributed by atoms with E-state index in [4.69, 9.17) is 9.84 Å². The van der Waals surface area contributed by atoms with E-state index in [1.165, 1.54) is 0 Å². The summed E-state index contributed by atoms with van der Waals surface area (Å²) >= 11 is 0. The van der Waals surface area contributed by atoms with E-state index in [1.807, 2.05) is 13.8 Å². The van der Waals surface area contributed by atoms with E-state index in [9.17, 15) is 4.79 Å². The van der Waals surface area contributed by atoms with Gasteiger partial charge in [0.25, 0.3) is 0 Å². The summed E-state index contributed by atoms with van der Waals surface area (Å²) in [6.07, 6.45) is 3.42. The van der Waals surface area contributed by atoms with Crippen LogP contribution in [0.25, 0.3) is 0 Å². The van der Waals surface area contributed by atoms with Crippen LogP contribution < -0.4 is 0 Å². The first-order valence-corrected chi connectivity index (χ1v) is 4.09. The van der Waals surface area contributed by atoms with E-state index in [0.717, 1.165) is 12.0 Å². The molecule has 0 heterocycles. The average molecular weight is 172 g/mol. The Balaban J connectivity index is 3.11. The molecule has 0 aliphatic heterocycles. The minimum atomic E-state index is -0.739. The molecule has 0 unspecified atom stereocenters. The Kier molecular flexibility index (Phi) is 6.15. The van der Waals surface area contributed by atoms with Crippen molar-refractivity contribution >= 4 is 5.97 Å². The first-order valence-electron chi connectivity index (χ1n) is 4.09. The minimum absolute atomic E-state index is 0.234. The van der Waals surface area contributed by atoms with Crippen molar-refractivity contribution in [2.45, 2.75) is 33.1 Å². The van der Waals surface area contributed by atoms with Crippen LogP contribution in [0.2, 0.25) is 0 Å². The molecule has 12 heavy (non-hydrogen) atoms. The monoisotopic (exact) mass is 172 g/mol. The molecule has 0 aromatic carbocycles. The van der Waals surface area contributed by atoms with Gasteiger partial charge in [-0.1, -0.05) is 0 Å². The van der Waals surface area contributed by atoms with Crippen LogP contribution in [0.5, 0.6) is 0 Å². The smallest absolute Gasteiger partial charge is 0.303 e. The van der Waals surface area contributed by atoms with Gasteiger partial charge in [-0.25, -0.2) is 0 Å². The number of carboxylic acid groups (broad SMARTS) is 1. The Hall–Kier alpha value is -0.990. The van der Waals surface area contributed by atoms with Gasteiger partial charge in [0.1, 0.15) is 0 Å². The van der Waals surface area contributed by atoms with Gasteiger partial charge in [-0.15, -0.1) is 0 Å². The van der Waals surface area contributed by atoms with Crippen molar-refractivity contribution in [1.82, 2.24) is 0 Å². The first-order chi connectivity index (χ1) is 5.63. The topological polar surface area (TPSA) is 46.5 Å². The zero-order valence-electron chi connectivity index (χ0n) is 7.67. The van der Waals surface area contributed by atoms with Gasteiger partial charge >= 0.3 is 5.97 Å². The molecule has 0 bridgehead atoms. The van der Waals surface area contributed by atoms with Gasteiger partial charge in [0, 0.05) is 6.42 Å². The molecule has 3 nitrogen and oxygen atoms in total. The number of carboxylic acids is 1. The molecular weight excluding hydrogens is 156 g/mol. The summed E-state index contributed by atoms with van der Waals surface area (Å²) < 4.78 is 5.12. The Bertz CT molecular complexity index is 157. The van der Waals surface area contributed by atoms with Gasteiger partial charge in [0.2, 0.25) is 0 Å². The summed E-state index contributed by atoms with van der Waals surface area (Å²) in [5, 5.41) is 8.31. The number of carbonyl (C=O) groups is 1. The normalized spacial score (nSPS) is 9.17. The first kappa shape index (κ1) is 11.0. The molecule has 0 amide bonds. The number of allylic oxidation sites excluding steroid dienone is 1. The second kappa shape index (κ2) is 6.70. The van der Waals surface area contributed by atoms with Crippen LogP contribution in [-0.4, -0.2) is 17.7 Å². The zero-order chi connectivity index (χ0) is 9.40. The van der Waals surface area contributed by atoms with E-state index in [0.29, 0.717) is 13.0 Å². The molecule has 70 valence electrons. The van der Waals surface area contributed by atoms with Crippen LogP contribution in [-0.2, 0) is 9.53 Å². The summed E-state index contributed by atoms with van der Waals surface area (Å²) in [5.74, 6) is -0.739. The van der Waals surface area contributed by atoms with Crippen LogP contribution in [0.15, 0.2) is 11.8 Å². The summed E-state index contributed by atoms with van der Waals surface area (Å²) in [6.45, 7) is 4.52. The number of aliphatic carboxylic acids is 1. The SMILES string of the molecule is CC(C)=COCCCCC(=O)O. The van der Waals surface area contributed by atoms with Crippen molar-refractivity contribution in [2.24, 2.45) is 0 Å². The molecule has 1 N–H and O–H groups in total. The third-order valence-electron chi connectivity index (χ3n) is 1.22. The quantitative estimate of drug-likeness (QED) is 0.493. The second-order valence-corrected chi connectivity index (χ2v) is 2.92. The third-order valence-corrected chi connectivity index (χ3v) is 1.22. The summed E-state index contributed by atoms with van der Waals surface area (Å²) in [6, 6.07) is 0. The molecule has 0 saturated heterocycles. The van der Waals surface area contributed by atoms with Crippen molar-refractivity contribution in [2.75, 3.05) is 6.61 Å². The van der Waals surface area contributed by atoms with Crippen molar-refractivity contribution in [3.8, 4) is 0 Å². The van der Waals surface area contributed by atoms with Crippen LogP contribution in [0, 0.1) is 0 Å². The Morgan fingerprint density at radius 1 is 1.42 bits per heavy atom. The maximum absolute atomic E-state index is 10.1. The number of ether oxygens (including phenoxy) is 1. The fraction of sp³-hybridized carbons (Fsp3) is 0.667. The van der Waals surface area contributed by atoms with Crippen LogP contribution in [0.4, 0.5) is 0 Å². The molecule has 3 heteroatoms. The van der Waals surface area contributed by atoms with Gasteiger partial charge in [-0.3, -0.25) is 4.79 Å². The standard InChI is InChI=1S/C9H16O3/c1-8(2)7-12-6-4-3-5-9(10)11/h7H,3-6H2,1-2H3,(H,10,11). The molecule has 0 aliphatic carbocycles. The zero-order valence-corrected chi connectivity index (χ0v) is 7.67. The summed E-state index contributed by atoms with van der Waals surface area (Å²) in [4.78, 5) is 10.1. The van der Waals surface area contributed by atoms with Gasteiger partial charge in [0.15, 0.2) is 0 Å². The lowest BCUT2D eigenvalue weighted by Crippen LogP contribution is -1.96. The molecule has 0 aromatic heterocycles. The lowest BCUT2D eigenvalue weighted by Gasteiger charge is -1.99. The largest absolute Gasteiger partial charge is 0.501 e. The fourth-order valence-electron chi connectivity index (χ4n) is 0.687. The van der Waals surface area contributed by atoms with Crippen molar-refractivity contribution < 1.29 is 14.6 Å². The third kappa shape index (κ3) is 9.01. The second-order valence-electron chi connectivity index (χ2n) is 2.92. The van der Waals surface area contributed by atoms with E-state index >= 15 is 0 Å². The maximum atomic E-state index is 10.1. The number of unbranched alkanes of at least 4 members (excludes halogenated alkanes) is 1. The number of rotatable bonds is 6. The van der Waals surface area contributed by atoms with Gasteiger partial charge in [-0.2, -0.15) is 0 Å².